The minimum Gasteiger partial charge on any atom is -0.356 e. The van der Waals surface area contributed by atoms with Crippen molar-refractivity contribution in [2.45, 2.75) is 19.8 Å². The summed E-state index contributed by atoms with van der Waals surface area (Å²) < 4.78 is 0. The third-order valence-corrected chi connectivity index (χ3v) is 4.54. The predicted octanol–water partition coefficient (Wildman–Crippen LogP) is 2.99. The van der Waals surface area contributed by atoms with E-state index in [-0.39, 0.29) is 0 Å². The van der Waals surface area contributed by atoms with Crippen molar-refractivity contribution >= 4 is 17.2 Å². The summed E-state index contributed by atoms with van der Waals surface area (Å²) in [5.41, 5.74) is 2.42. The third kappa shape index (κ3) is 2.41. The molecule has 0 aromatic heterocycles. The Balaban J connectivity index is 1.89. The van der Waals surface area contributed by atoms with Crippen molar-refractivity contribution < 1.29 is 0 Å². The summed E-state index contributed by atoms with van der Waals surface area (Å²) in [7, 11) is 1.93. The maximum Gasteiger partial charge on any atom is 0.142 e. The van der Waals surface area contributed by atoms with E-state index >= 15 is 0 Å². The fraction of sp³-hybridized carbons (Fsp3) is 0.412. The normalized spacial score (nSPS) is 20.2. The van der Waals surface area contributed by atoms with Gasteiger partial charge >= 0.3 is 0 Å². The van der Waals surface area contributed by atoms with Crippen molar-refractivity contribution in [1.82, 2.24) is 4.90 Å². The van der Waals surface area contributed by atoms with Gasteiger partial charge in [-0.15, -0.1) is 0 Å². The molecule has 0 amide bonds. The minimum atomic E-state index is 0.330. The molecule has 0 bridgehead atoms. The van der Waals surface area contributed by atoms with Gasteiger partial charge in [-0.25, -0.2) is 0 Å². The summed E-state index contributed by atoms with van der Waals surface area (Å²) in [5, 5.41) is 21.3. The van der Waals surface area contributed by atoms with Crippen LogP contribution in [-0.4, -0.2) is 30.9 Å². The number of hydrogen-bond acceptors (Lipinski definition) is 4. The van der Waals surface area contributed by atoms with E-state index in [1.807, 2.05) is 41.1 Å². The molecule has 114 valence electrons. The van der Waals surface area contributed by atoms with Crippen molar-refractivity contribution in [2.24, 2.45) is 5.92 Å². The lowest BCUT2D eigenvalue weighted by Gasteiger charge is -2.32. The van der Waals surface area contributed by atoms with Gasteiger partial charge < -0.3 is 15.1 Å². The SMILES string of the molecule is CC1CCN(C(=N)C(C#N)=C2Nc3ccccc3N2C)CC1. The molecule has 1 fully saturated rings. The van der Waals surface area contributed by atoms with Crippen molar-refractivity contribution in [1.29, 1.82) is 10.7 Å². The number of rotatable bonds is 1. The van der Waals surface area contributed by atoms with Crippen LogP contribution in [0.5, 0.6) is 0 Å². The number of benzene rings is 1. The van der Waals surface area contributed by atoms with Gasteiger partial charge in [-0.1, -0.05) is 19.1 Å². The number of nitrogens with one attached hydrogen (secondary N) is 2. The highest BCUT2D eigenvalue weighted by Gasteiger charge is 2.28. The first-order chi connectivity index (χ1) is 10.6. The largest absolute Gasteiger partial charge is 0.356 e. The number of hydrogen-bond donors (Lipinski definition) is 2. The number of para-hydroxylation sites is 2. The lowest BCUT2D eigenvalue weighted by atomic mass is 9.98. The van der Waals surface area contributed by atoms with Crippen molar-refractivity contribution in [3.8, 4) is 6.07 Å². The molecule has 1 saturated heterocycles. The first-order valence-corrected chi connectivity index (χ1v) is 7.70. The molecule has 2 heterocycles. The molecular formula is C17H21N5. The van der Waals surface area contributed by atoms with Crippen LogP contribution in [0.25, 0.3) is 0 Å². The van der Waals surface area contributed by atoms with E-state index in [1.54, 1.807) is 0 Å². The summed E-state index contributed by atoms with van der Waals surface area (Å²) in [6, 6.07) is 10.2. The molecule has 1 aromatic carbocycles. The average Bonchev–Trinajstić information content (AvgIpc) is 2.86. The van der Waals surface area contributed by atoms with E-state index in [9.17, 15) is 5.26 Å². The molecule has 0 saturated carbocycles. The summed E-state index contributed by atoms with van der Waals surface area (Å²) >= 11 is 0. The molecule has 2 N–H and O–H groups in total. The number of anilines is 2. The molecule has 5 nitrogen and oxygen atoms in total. The van der Waals surface area contributed by atoms with Crippen LogP contribution in [-0.2, 0) is 0 Å². The van der Waals surface area contributed by atoms with Crippen molar-refractivity contribution in [2.75, 3.05) is 30.4 Å². The van der Waals surface area contributed by atoms with Crippen molar-refractivity contribution in [3.63, 3.8) is 0 Å². The van der Waals surface area contributed by atoms with Crippen LogP contribution in [0.1, 0.15) is 19.8 Å². The lowest BCUT2D eigenvalue weighted by molar-refractivity contribution is 0.279. The number of nitriles is 1. The van der Waals surface area contributed by atoms with Gasteiger partial charge in [0.05, 0.1) is 11.4 Å². The highest BCUT2D eigenvalue weighted by Crippen LogP contribution is 2.36. The van der Waals surface area contributed by atoms with Crippen LogP contribution in [0.2, 0.25) is 0 Å². The van der Waals surface area contributed by atoms with Gasteiger partial charge in [0, 0.05) is 20.1 Å². The zero-order chi connectivity index (χ0) is 15.7. The zero-order valence-corrected chi connectivity index (χ0v) is 13.1. The van der Waals surface area contributed by atoms with Gasteiger partial charge in [0.15, 0.2) is 0 Å². The quantitative estimate of drug-likeness (QED) is 0.475. The molecule has 0 unspecified atom stereocenters. The number of nitrogens with zero attached hydrogens (tertiary/aromatic N) is 3. The first-order valence-electron chi connectivity index (χ1n) is 7.70. The molecule has 0 aliphatic carbocycles. The smallest absolute Gasteiger partial charge is 0.142 e. The number of fused-ring (bicyclic) bond motifs is 1. The molecule has 0 radical (unpaired) electrons. The fourth-order valence-electron chi connectivity index (χ4n) is 3.04. The topological polar surface area (TPSA) is 66.2 Å². The number of piperidine rings is 1. The van der Waals surface area contributed by atoms with E-state index in [1.165, 1.54) is 0 Å². The monoisotopic (exact) mass is 295 g/mol. The molecule has 5 heteroatoms. The van der Waals surface area contributed by atoms with Crippen molar-refractivity contribution in [3.05, 3.63) is 35.7 Å². The Morgan fingerprint density at radius 1 is 1.32 bits per heavy atom. The van der Waals surface area contributed by atoms with Gasteiger partial charge in [-0.2, -0.15) is 5.26 Å². The van der Waals surface area contributed by atoms with Crippen LogP contribution in [0.3, 0.4) is 0 Å². The third-order valence-electron chi connectivity index (χ3n) is 4.54. The van der Waals surface area contributed by atoms with E-state index in [0.717, 1.165) is 37.3 Å². The molecule has 2 aliphatic heterocycles. The Labute approximate surface area is 131 Å². The Kier molecular flexibility index (Phi) is 3.76. The molecular weight excluding hydrogens is 274 g/mol. The Bertz CT molecular complexity index is 662. The van der Waals surface area contributed by atoms with Gasteiger partial charge in [0.2, 0.25) is 0 Å². The minimum absolute atomic E-state index is 0.330. The second kappa shape index (κ2) is 5.72. The van der Waals surface area contributed by atoms with Crippen LogP contribution in [0, 0.1) is 22.7 Å². The fourth-order valence-corrected chi connectivity index (χ4v) is 3.04. The van der Waals surface area contributed by atoms with Gasteiger partial charge in [0.25, 0.3) is 0 Å². The maximum atomic E-state index is 9.59. The van der Waals surface area contributed by atoms with Gasteiger partial charge in [-0.05, 0) is 30.9 Å². The standard InChI is InChI=1S/C17H21N5/c1-12-7-9-22(10-8-12)16(19)13(11-18)17-20-14-5-3-4-6-15(14)21(17)2/h3-6,12,19-20H,7-10H2,1-2H3. The Hall–Kier alpha value is -2.48. The average molecular weight is 295 g/mol. The molecule has 2 aliphatic rings. The molecule has 0 spiro atoms. The van der Waals surface area contributed by atoms with Gasteiger partial charge in [-0.3, -0.25) is 5.41 Å². The highest BCUT2D eigenvalue weighted by molar-refractivity contribution is 6.02. The van der Waals surface area contributed by atoms with Gasteiger partial charge in [0.1, 0.15) is 23.3 Å². The Morgan fingerprint density at radius 3 is 2.64 bits per heavy atom. The second-order valence-corrected chi connectivity index (χ2v) is 6.05. The Morgan fingerprint density at radius 2 is 2.00 bits per heavy atom. The second-order valence-electron chi connectivity index (χ2n) is 6.05. The number of likely N-dealkylation sites (tertiary alicyclic amines) is 1. The van der Waals surface area contributed by atoms with E-state index < -0.39 is 0 Å². The molecule has 22 heavy (non-hydrogen) atoms. The zero-order valence-electron chi connectivity index (χ0n) is 13.1. The molecule has 3 rings (SSSR count). The maximum absolute atomic E-state index is 9.59. The lowest BCUT2D eigenvalue weighted by Crippen LogP contribution is -2.39. The summed E-state index contributed by atoms with van der Waals surface area (Å²) in [6.07, 6.45) is 2.17. The summed E-state index contributed by atoms with van der Waals surface area (Å²) in [4.78, 5) is 3.97. The van der Waals surface area contributed by atoms with Crippen LogP contribution in [0.4, 0.5) is 11.4 Å². The molecule has 0 atom stereocenters. The van der Waals surface area contributed by atoms with Crippen LogP contribution in [0.15, 0.2) is 35.7 Å². The van der Waals surface area contributed by atoms with E-state index in [0.29, 0.717) is 23.1 Å². The van der Waals surface area contributed by atoms with E-state index in [4.69, 9.17) is 5.41 Å². The highest BCUT2D eigenvalue weighted by atomic mass is 15.3. The van der Waals surface area contributed by atoms with Crippen LogP contribution < -0.4 is 10.2 Å². The first kappa shape index (κ1) is 14.5. The summed E-state index contributed by atoms with van der Waals surface area (Å²) in [5.74, 6) is 1.74. The number of amidine groups is 1. The van der Waals surface area contributed by atoms with Crippen LogP contribution >= 0.6 is 0 Å². The van der Waals surface area contributed by atoms with E-state index in [2.05, 4.69) is 18.3 Å². The molecule has 1 aromatic rings. The summed E-state index contributed by atoms with van der Waals surface area (Å²) in [6.45, 7) is 3.96. The predicted molar refractivity (Wildman–Crippen MR) is 88.8 cm³/mol.